The third kappa shape index (κ3) is 2.61. The second-order valence-corrected chi connectivity index (χ2v) is 2.22. The van der Waals surface area contributed by atoms with Crippen LogP contribution in [0.3, 0.4) is 0 Å². The summed E-state index contributed by atoms with van der Waals surface area (Å²) < 4.78 is 4.88. The zero-order chi connectivity index (χ0) is 7.28. The molecule has 0 saturated carbocycles. The quantitative estimate of drug-likeness (QED) is 0.535. The van der Waals surface area contributed by atoms with Crippen LogP contribution in [0.5, 0.6) is 0 Å². The molecule has 54 valence electrons. The lowest BCUT2D eigenvalue weighted by Crippen LogP contribution is -2.20. The summed E-state index contributed by atoms with van der Waals surface area (Å²) in [6.07, 6.45) is 1.63. The van der Waals surface area contributed by atoms with Gasteiger partial charge in [-0.15, -0.1) is 0 Å². The van der Waals surface area contributed by atoms with Gasteiger partial charge in [-0.3, -0.25) is 0 Å². The average Bonchev–Trinajstić information content (AvgIpc) is 1.90. The molecule has 0 spiro atoms. The first kappa shape index (κ1) is 8.63. The maximum atomic E-state index is 10.2. The summed E-state index contributed by atoms with van der Waals surface area (Å²) in [5, 5.41) is 0. The maximum Gasteiger partial charge on any atom is 0.149 e. The third-order valence-corrected chi connectivity index (χ3v) is 1.61. The molecule has 0 saturated heterocycles. The molecule has 0 aliphatic heterocycles. The molecule has 2 atom stereocenters. The van der Waals surface area contributed by atoms with E-state index in [1.165, 1.54) is 0 Å². The van der Waals surface area contributed by atoms with Crippen molar-refractivity contribution in [3.8, 4) is 0 Å². The summed E-state index contributed by atoms with van der Waals surface area (Å²) in [7, 11) is 1.56. The third-order valence-electron chi connectivity index (χ3n) is 1.61. The molecule has 0 aromatic rings. The zero-order valence-corrected chi connectivity index (χ0v) is 6.26. The molecule has 0 heterocycles. The summed E-state index contributed by atoms with van der Waals surface area (Å²) in [5.74, 6) is 0.340. The molecular formula is C7H14O2. The van der Waals surface area contributed by atoms with E-state index in [1.54, 1.807) is 7.11 Å². The molecule has 9 heavy (non-hydrogen) atoms. The Morgan fingerprint density at radius 3 is 2.33 bits per heavy atom. The SMILES string of the molecule is CC[C@@H](C)[C@@H](C=O)OC. The smallest absolute Gasteiger partial charge is 0.149 e. The van der Waals surface area contributed by atoms with Crippen molar-refractivity contribution in [2.24, 2.45) is 5.92 Å². The van der Waals surface area contributed by atoms with Crippen LogP contribution in [0.1, 0.15) is 20.3 Å². The minimum Gasteiger partial charge on any atom is -0.374 e. The Morgan fingerprint density at radius 2 is 2.22 bits per heavy atom. The lowest BCUT2D eigenvalue weighted by molar-refractivity contribution is -0.118. The summed E-state index contributed by atoms with van der Waals surface area (Å²) in [5.41, 5.74) is 0. The average molecular weight is 130 g/mol. The summed E-state index contributed by atoms with van der Waals surface area (Å²) >= 11 is 0. The van der Waals surface area contributed by atoms with Gasteiger partial charge in [-0.25, -0.2) is 0 Å². The van der Waals surface area contributed by atoms with Gasteiger partial charge in [-0.1, -0.05) is 20.3 Å². The standard InChI is InChI=1S/C7H14O2/c1-4-6(2)7(5-8)9-3/h5-7H,4H2,1-3H3/t6-,7-/m1/s1. The van der Waals surface area contributed by atoms with Gasteiger partial charge in [0.15, 0.2) is 0 Å². The molecule has 0 amide bonds. The highest BCUT2D eigenvalue weighted by Crippen LogP contribution is 2.07. The summed E-state index contributed by atoms with van der Waals surface area (Å²) in [6, 6.07) is 0. The normalized spacial score (nSPS) is 16.8. The monoisotopic (exact) mass is 130 g/mol. The Bertz CT molecular complexity index is 81.0. The number of hydrogen-bond donors (Lipinski definition) is 0. The van der Waals surface area contributed by atoms with Gasteiger partial charge in [-0.05, 0) is 5.92 Å². The molecule has 0 aliphatic carbocycles. The van der Waals surface area contributed by atoms with Crippen molar-refractivity contribution >= 4 is 6.29 Å². The summed E-state index contributed by atoms with van der Waals surface area (Å²) in [4.78, 5) is 10.2. The van der Waals surface area contributed by atoms with E-state index in [1.807, 2.05) is 13.8 Å². The highest BCUT2D eigenvalue weighted by molar-refractivity contribution is 5.56. The van der Waals surface area contributed by atoms with E-state index in [0.29, 0.717) is 5.92 Å². The van der Waals surface area contributed by atoms with Crippen molar-refractivity contribution in [2.45, 2.75) is 26.4 Å². The van der Waals surface area contributed by atoms with E-state index in [4.69, 9.17) is 4.74 Å². The van der Waals surface area contributed by atoms with Gasteiger partial charge in [0, 0.05) is 7.11 Å². The first-order chi connectivity index (χ1) is 4.26. The van der Waals surface area contributed by atoms with Crippen LogP contribution < -0.4 is 0 Å². The lowest BCUT2D eigenvalue weighted by Gasteiger charge is -2.13. The van der Waals surface area contributed by atoms with Crippen LogP contribution in [-0.4, -0.2) is 19.5 Å². The summed E-state index contributed by atoms with van der Waals surface area (Å²) in [6.45, 7) is 4.04. The number of hydrogen-bond acceptors (Lipinski definition) is 2. The van der Waals surface area contributed by atoms with E-state index >= 15 is 0 Å². The van der Waals surface area contributed by atoms with Crippen molar-refractivity contribution in [2.75, 3.05) is 7.11 Å². The highest BCUT2D eigenvalue weighted by atomic mass is 16.5. The van der Waals surface area contributed by atoms with Crippen molar-refractivity contribution in [1.82, 2.24) is 0 Å². The number of carbonyl (C=O) groups is 1. The number of rotatable bonds is 4. The number of methoxy groups -OCH3 is 1. The van der Waals surface area contributed by atoms with Gasteiger partial charge in [-0.2, -0.15) is 0 Å². The molecule has 0 aromatic heterocycles. The molecule has 2 heteroatoms. The fourth-order valence-corrected chi connectivity index (χ4v) is 0.654. The largest absolute Gasteiger partial charge is 0.374 e. The number of aldehydes is 1. The first-order valence-electron chi connectivity index (χ1n) is 3.24. The zero-order valence-electron chi connectivity index (χ0n) is 6.26. The van der Waals surface area contributed by atoms with E-state index in [9.17, 15) is 4.79 Å². The van der Waals surface area contributed by atoms with Gasteiger partial charge >= 0.3 is 0 Å². The maximum absolute atomic E-state index is 10.2. The van der Waals surface area contributed by atoms with Crippen LogP contribution in [0.2, 0.25) is 0 Å². The topological polar surface area (TPSA) is 26.3 Å². The molecule has 0 fully saturated rings. The van der Waals surface area contributed by atoms with Crippen LogP contribution in [0, 0.1) is 5.92 Å². The van der Waals surface area contributed by atoms with E-state index in [-0.39, 0.29) is 6.10 Å². The first-order valence-corrected chi connectivity index (χ1v) is 3.24. The predicted molar refractivity (Wildman–Crippen MR) is 36.3 cm³/mol. The van der Waals surface area contributed by atoms with Crippen LogP contribution in [-0.2, 0) is 9.53 Å². The van der Waals surface area contributed by atoms with Crippen molar-refractivity contribution in [1.29, 1.82) is 0 Å². The second-order valence-electron chi connectivity index (χ2n) is 2.22. The molecule has 0 rings (SSSR count). The molecule has 0 aliphatic rings. The minimum absolute atomic E-state index is 0.213. The molecule has 0 unspecified atom stereocenters. The van der Waals surface area contributed by atoms with Crippen LogP contribution in [0.4, 0.5) is 0 Å². The fraction of sp³-hybridized carbons (Fsp3) is 0.857. The Kier molecular flexibility index (Phi) is 4.32. The predicted octanol–water partition coefficient (Wildman–Crippen LogP) is 1.25. The number of carbonyl (C=O) groups excluding carboxylic acids is 1. The van der Waals surface area contributed by atoms with Gasteiger partial charge in [0.2, 0.25) is 0 Å². The molecule has 2 nitrogen and oxygen atoms in total. The van der Waals surface area contributed by atoms with Crippen molar-refractivity contribution in [3.63, 3.8) is 0 Å². The van der Waals surface area contributed by atoms with E-state index < -0.39 is 0 Å². The minimum atomic E-state index is -0.213. The van der Waals surface area contributed by atoms with Crippen LogP contribution >= 0.6 is 0 Å². The van der Waals surface area contributed by atoms with Crippen LogP contribution in [0.25, 0.3) is 0 Å². The van der Waals surface area contributed by atoms with Gasteiger partial charge in [0.25, 0.3) is 0 Å². The van der Waals surface area contributed by atoms with Gasteiger partial charge in [0.05, 0.1) is 0 Å². The van der Waals surface area contributed by atoms with Gasteiger partial charge in [0.1, 0.15) is 12.4 Å². The van der Waals surface area contributed by atoms with E-state index in [0.717, 1.165) is 12.7 Å². The molecule has 0 N–H and O–H groups in total. The van der Waals surface area contributed by atoms with Crippen molar-refractivity contribution in [3.05, 3.63) is 0 Å². The second kappa shape index (κ2) is 4.50. The fourth-order valence-electron chi connectivity index (χ4n) is 0.654. The Labute approximate surface area is 56.2 Å². The van der Waals surface area contributed by atoms with Crippen molar-refractivity contribution < 1.29 is 9.53 Å². The molecule has 0 radical (unpaired) electrons. The Morgan fingerprint density at radius 1 is 1.67 bits per heavy atom. The highest BCUT2D eigenvalue weighted by Gasteiger charge is 2.12. The molecule has 0 bridgehead atoms. The van der Waals surface area contributed by atoms with Crippen LogP contribution in [0.15, 0.2) is 0 Å². The number of ether oxygens (including phenoxy) is 1. The lowest BCUT2D eigenvalue weighted by atomic mass is 10.0. The van der Waals surface area contributed by atoms with Gasteiger partial charge < -0.3 is 9.53 Å². The Balaban J connectivity index is 3.63. The molecular weight excluding hydrogens is 116 g/mol. The Hall–Kier alpha value is -0.370. The molecule has 0 aromatic carbocycles. The van der Waals surface area contributed by atoms with E-state index in [2.05, 4.69) is 0 Å².